The first-order valence-electron chi connectivity index (χ1n) is 7.29. The summed E-state index contributed by atoms with van der Waals surface area (Å²) in [6.07, 6.45) is -3.30. The number of piperidine rings is 1. The normalized spacial score (nSPS) is 17.6. The van der Waals surface area contributed by atoms with Crippen LogP contribution in [0.5, 0.6) is 0 Å². The fourth-order valence-electron chi connectivity index (χ4n) is 2.70. The zero-order valence-electron chi connectivity index (χ0n) is 12.2. The van der Waals surface area contributed by atoms with Crippen molar-refractivity contribution in [2.24, 2.45) is 0 Å². The third-order valence-electron chi connectivity index (χ3n) is 3.94. The summed E-state index contributed by atoms with van der Waals surface area (Å²) in [7, 11) is 0. The summed E-state index contributed by atoms with van der Waals surface area (Å²) < 4.78 is 55.0. The van der Waals surface area contributed by atoms with Gasteiger partial charge in [-0.3, -0.25) is 4.90 Å². The topological polar surface area (TPSA) is 42.2 Å². The van der Waals surface area contributed by atoms with E-state index in [1.54, 1.807) is 12.1 Å². The molecule has 0 aliphatic carbocycles. The number of aromatic nitrogens is 2. The van der Waals surface area contributed by atoms with E-state index >= 15 is 0 Å². The Morgan fingerprint density at radius 2 is 1.74 bits per heavy atom. The number of rotatable bonds is 3. The van der Waals surface area contributed by atoms with Crippen molar-refractivity contribution in [3.63, 3.8) is 0 Å². The summed E-state index contributed by atoms with van der Waals surface area (Å²) in [5.74, 6) is -1.66. The molecule has 2 aromatic rings. The van der Waals surface area contributed by atoms with Gasteiger partial charge in [0, 0.05) is 12.5 Å². The maximum absolute atomic E-state index is 12.9. The van der Waals surface area contributed by atoms with Crippen LogP contribution in [0.3, 0.4) is 0 Å². The van der Waals surface area contributed by atoms with Crippen molar-refractivity contribution in [3.05, 3.63) is 47.4 Å². The second kappa shape index (κ2) is 6.27. The Hall–Kier alpha value is -1.96. The number of hydrogen-bond donors (Lipinski definition) is 0. The number of halogens is 4. The lowest BCUT2D eigenvalue weighted by Gasteiger charge is -2.30. The van der Waals surface area contributed by atoms with Crippen LogP contribution in [-0.4, -0.2) is 28.2 Å². The SMILES string of the molecule is Fc1ccc(CN2CCC(c3nnc(C(F)(F)F)o3)CC2)cc1. The fraction of sp³-hybridized carbons (Fsp3) is 0.467. The molecule has 1 aliphatic rings. The first-order chi connectivity index (χ1) is 10.9. The Balaban J connectivity index is 1.56. The van der Waals surface area contributed by atoms with Crippen LogP contribution in [0.25, 0.3) is 0 Å². The molecular weight excluding hydrogens is 314 g/mol. The summed E-state index contributed by atoms with van der Waals surface area (Å²) >= 11 is 0. The van der Waals surface area contributed by atoms with Crippen molar-refractivity contribution in [1.82, 2.24) is 15.1 Å². The number of benzene rings is 1. The minimum atomic E-state index is -4.60. The molecule has 1 aromatic heterocycles. The van der Waals surface area contributed by atoms with Gasteiger partial charge in [0.2, 0.25) is 5.89 Å². The molecule has 4 nitrogen and oxygen atoms in total. The second-order valence-corrected chi connectivity index (χ2v) is 5.62. The van der Waals surface area contributed by atoms with E-state index in [0.29, 0.717) is 32.5 Å². The maximum atomic E-state index is 12.9. The Morgan fingerprint density at radius 1 is 1.09 bits per heavy atom. The molecule has 0 N–H and O–H groups in total. The number of nitrogens with zero attached hydrogens (tertiary/aromatic N) is 3. The minimum Gasteiger partial charge on any atom is -0.417 e. The largest absolute Gasteiger partial charge is 0.470 e. The van der Waals surface area contributed by atoms with Gasteiger partial charge < -0.3 is 4.42 Å². The third-order valence-corrected chi connectivity index (χ3v) is 3.94. The standard InChI is InChI=1S/C15H15F4N3O/c16-12-3-1-10(2-4-12)9-22-7-5-11(6-8-22)13-20-21-14(23-13)15(17,18)19/h1-4,11H,5-9H2. The molecule has 1 saturated heterocycles. The predicted molar refractivity (Wildman–Crippen MR) is 73.0 cm³/mol. The summed E-state index contributed by atoms with van der Waals surface area (Å²) in [6.45, 7) is 2.11. The van der Waals surface area contributed by atoms with Crippen LogP contribution in [0.15, 0.2) is 28.7 Å². The maximum Gasteiger partial charge on any atom is 0.470 e. The van der Waals surface area contributed by atoms with Crippen LogP contribution < -0.4 is 0 Å². The highest BCUT2D eigenvalue weighted by atomic mass is 19.4. The second-order valence-electron chi connectivity index (χ2n) is 5.62. The van der Waals surface area contributed by atoms with E-state index < -0.39 is 12.1 Å². The molecule has 0 unspecified atom stereocenters. The molecular formula is C15H15F4N3O. The van der Waals surface area contributed by atoms with Gasteiger partial charge in [0.15, 0.2) is 0 Å². The zero-order chi connectivity index (χ0) is 16.4. The molecule has 1 fully saturated rings. The Kier molecular flexibility index (Phi) is 4.34. The van der Waals surface area contributed by atoms with Gasteiger partial charge in [0.05, 0.1) is 0 Å². The average Bonchev–Trinajstić information content (AvgIpc) is 3.00. The monoisotopic (exact) mass is 329 g/mol. The van der Waals surface area contributed by atoms with Crippen molar-refractivity contribution in [3.8, 4) is 0 Å². The Morgan fingerprint density at radius 3 is 2.30 bits per heavy atom. The predicted octanol–water partition coefficient (Wildman–Crippen LogP) is 3.61. The summed E-state index contributed by atoms with van der Waals surface area (Å²) in [4.78, 5) is 2.17. The van der Waals surface area contributed by atoms with E-state index in [9.17, 15) is 17.6 Å². The molecule has 0 amide bonds. The number of likely N-dealkylation sites (tertiary alicyclic amines) is 1. The zero-order valence-corrected chi connectivity index (χ0v) is 12.2. The molecule has 0 atom stereocenters. The number of hydrogen-bond acceptors (Lipinski definition) is 4. The first kappa shape index (κ1) is 15.9. The van der Waals surface area contributed by atoms with E-state index in [4.69, 9.17) is 4.42 Å². The molecule has 1 aliphatic heterocycles. The van der Waals surface area contributed by atoms with Gasteiger partial charge in [-0.2, -0.15) is 13.2 Å². The van der Waals surface area contributed by atoms with Crippen molar-refractivity contribution in [2.75, 3.05) is 13.1 Å². The molecule has 0 spiro atoms. The highest BCUT2D eigenvalue weighted by molar-refractivity contribution is 5.16. The third kappa shape index (κ3) is 3.87. The lowest BCUT2D eigenvalue weighted by atomic mass is 9.96. The summed E-state index contributed by atoms with van der Waals surface area (Å²) in [6, 6.07) is 6.29. The quantitative estimate of drug-likeness (QED) is 0.807. The average molecular weight is 329 g/mol. The van der Waals surface area contributed by atoms with Gasteiger partial charge in [-0.1, -0.05) is 12.1 Å². The van der Waals surface area contributed by atoms with Gasteiger partial charge in [-0.25, -0.2) is 4.39 Å². The highest BCUT2D eigenvalue weighted by Gasteiger charge is 2.39. The van der Waals surface area contributed by atoms with Crippen molar-refractivity contribution >= 4 is 0 Å². The number of alkyl halides is 3. The molecule has 8 heteroatoms. The van der Waals surface area contributed by atoms with Gasteiger partial charge in [0.1, 0.15) is 5.82 Å². The van der Waals surface area contributed by atoms with E-state index in [1.807, 2.05) is 0 Å². The van der Waals surface area contributed by atoms with E-state index in [0.717, 1.165) is 5.56 Å². The van der Waals surface area contributed by atoms with Crippen LogP contribution in [0.4, 0.5) is 17.6 Å². The lowest BCUT2D eigenvalue weighted by molar-refractivity contribution is -0.157. The van der Waals surface area contributed by atoms with Gasteiger partial charge in [-0.05, 0) is 43.6 Å². The minimum absolute atomic E-state index is 0.0544. The molecule has 0 radical (unpaired) electrons. The van der Waals surface area contributed by atoms with Crippen LogP contribution in [0, 0.1) is 5.82 Å². The van der Waals surface area contributed by atoms with Crippen LogP contribution in [0.2, 0.25) is 0 Å². The Bertz CT molecular complexity index is 645. The smallest absolute Gasteiger partial charge is 0.417 e. The van der Waals surface area contributed by atoms with Gasteiger partial charge in [0.25, 0.3) is 0 Å². The lowest BCUT2D eigenvalue weighted by Crippen LogP contribution is -2.32. The van der Waals surface area contributed by atoms with Crippen LogP contribution >= 0.6 is 0 Å². The van der Waals surface area contributed by atoms with Crippen LogP contribution in [-0.2, 0) is 12.7 Å². The Labute approximate surface area is 130 Å². The highest BCUT2D eigenvalue weighted by Crippen LogP contribution is 2.32. The molecule has 23 heavy (non-hydrogen) atoms. The van der Waals surface area contributed by atoms with Gasteiger partial charge >= 0.3 is 12.1 Å². The molecule has 0 saturated carbocycles. The molecule has 3 rings (SSSR count). The molecule has 124 valence electrons. The van der Waals surface area contributed by atoms with E-state index in [2.05, 4.69) is 15.1 Å². The molecule has 1 aromatic carbocycles. The van der Waals surface area contributed by atoms with Crippen molar-refractivity contribution in [2.45, 2.75) is 31.5 Å². The summed E-state index contributed by atoms with van der Waals surface area (Å²) in [5.41, 5.74) is 1.00. The molecule has 0 bridgehead atoms. The van der Waals surface area contributed by atoms with Crippen LogP contribution in [0.1, 0.15) is 36.1 Å². The fourth-order valence-corrected chi connectivity index (χ4v) is 2.70. The van der Waals surface area contributed by atoms with Gasteiger partial charge in [-0.15, -0.1) is 10.2 Å². The van der Waals surface area contributed by atoms with E-state index in [1.165, 1.54) is 12.1 Å². The van der Waals surface area contributed by atoms with Crippen molar-refractivity contribution in [1.29, 1.82) is 0 Å². The first-order valence-corrected chi connectivity index (χ1v) is 7.29. The molecule has 2 heterocycles. The van der Waals surface area contributed by atoms with E-state index in [-0.39, 0.29) is 17.6 Å². The summed E-state index contributed by atoms with van der Waals surface area (Å²) in [5, 5.41) is 6.60. The van der Waals surface area contributed by atoms with Crippen molar-refractivity contribution < 1.29 is 22.0 Å².